The molecule has 2 aromatic carbocycles. The van der Waals surface area contributed by atoms with Crippen LogP contribution in [0.2, 0.25) is 5.02 Å². The minimum atomic E-state index is -0.457. The monoisotopic (exact) mass is 597 g/mol. The van der Waals surface area contributed by atoms with Crippen LogP contribution in [0.25, 0.3) is 22.5 Å². The van der Waals surface area contributed by atoms with E-state index < -0.39 is 5.69 Å². The number of likely N-dealkylation sites (N-methyl/N-ethyl adjacent to an activating group) is 2. The van der Waals surface area contributed by atoms with Gasteiger partial charge in [-0.3, -0.25) is 14.2 Å². The molecule has 0 unspecified atom stereocenters. The molecule has 218 valence electrons. The molecule has 0 bridgehead atoms. The maximum Gasteiger partial charge on any atom is 0.339 e. The van der Waals surface area contributed by atoms with E-state index in [9.17, 15) is 14.4 Å². The van der Waals surface area contributed by atoms with Crippen molar-refractivity contribution in [3.05, 3.63) is 106 Å². The molecule has 0 saturated heterocycles. The highest BCUT2D eigenvalue weighted by Gasteiger charge is 2.21. The number of amides is 2. The first-order valence-electron chi connectivity index (χ1n) is 13.1. The Balaban J connectivity index is 1.50. The normalized spacial score (nSPS) is 11.4. The number of benzene rings is 2. The van der Waals surface area contributed by atoms with Gasteiger partial charge in [0.2, 0.25) is 5.91 Å². The highest BCUT2D eigenvalue weighted by atomic mass is 35.5. The number of fused-ring (bicyclic) bond motifs is 1. The van der Waals surface area contributed by atoms with Crippen molar-refractivity contribution in [3.8, 4) is 11.4 Å². The smallest absolute Gasteiger partial charge is 0.339 e. The first kappa shape index (κ1) is 29.2. The largest absolute Gasteiger partial charge is 0.382 e. The number of carbonyl (C=O) groups is 2. The lowest BCUT2D eigenvalue weighted by molar-refractivity contribution is -0.113. The molecule has 0 atom stereocenters. The maximum absolute atomic E-state index is 14.0. The van der Waals surface area contributed by atoms with Crippen LogP contribution in [-0.2, 0) is 4.79 Å². The lowest BCUT2D eigenvalue weighted by Gasteiger charge is -2.16. The van der Waals surface area contributed by atoms with Gasteiger partial charge in [-0.2, -0.15) is 0 Å². The first-order chi connectivity index (χ1) is 20.6. The van der Waals surface area contributed by atoms with Crippen LogP contribution in [-0.4, -0.2) is 68.5 Å². The van der Waals surface area contributed by atoms with Crippen LogP contribution in [0.4, 0.5) is 17.3 Å². The van der Waals surface area contributed by atoms with Gasteiger partial charge < -0.3 is 20.9 Å². The molecule has 12 nitrogen and oxygen atoms in total. The summed E-state index contributed by atoms with van der Waals surface area (Å²) in [6, 6.07) is 16.6. The number of rotatable bonds is 8. The Hall–Kier alpha value is -5.33. The van der Waals surface area contributed by atoms with E-state index in [4.69, 9.17) is 17.3 Å². The van der Waals surface area contributed by atoms with Crippen LogP contribution < -0.4 is 21.6 Å². The molecule has 5 aromatic rings. The number of hydrogen-bond donors (Lipinski definition) is 2. The van der Waals surface area contributed by atoms with Crippen molar-refractivity contribution in [2.45, 2.75) is 0 Å². The maximum atomic E-state index is 14.0. The number of hydrogen-bond acceptors (Lipinski definition) is 8. The van der Waals surface area contributed by atoms with Crippen molar-refractivity contribution in [2.75, 3.05) is 43.6 Å². The Morgan fingerprint density at radius 1 is 0.977 bits per heavy atom. The fraction of sp³-hybridized carbons (Fsp3) is 0.133. The summed E-state index contributed by atoms with van der Waals surface area (Å²) in [7, 11) is 5.49. The molecule has 3 N–H and O–H groups in total. The van der Waals surface area contributed by atoms with Crippen LogP contribution in [0.15, 0.2) is 90.1 Å². The van der Waals surface area contributed by atoms with Gasteiger partial charge in [-0.15, -0.1) is 0 Å². The van der Waals surface area contributed by atoms with Gasteiger partial charge in [0.05, 0.1) is 16.4 Å². The van der Waals surface area contributed by atoms with Crippen molar-refractivity contribution in [1.82, 2.24) is 29.0 Å². The zero-order valence-corrected chi connectivity index (χ0v) is 24.4. The number of aromatic nitrogens is 5. The Morgan fingerprint density at radius 2 is 1.74 bits per heavy atom. The van der Waals surface area contributed by atoms with Gasteiger partial charge in [0.15, 0.2) is 11.5 Å². The molecule has 0 spiro atoms. The molecule has 2 amide bonds. The molecular weight excluding hydrogens is 570 g/mol. The lowest BCUT2D eigenvalue weighted by atomic mass is 10.2. The van der Waals surface area contributed by atoms with Crippen molar-refractivity contribution < 1.29 is 9.59 Å². The lowest BCUT2D eigenvalue weighted by Crippen LogP contribution is -2.25. The average molecular weight is 598 g/mol. The molecular formula is C30H28ClN9O3. The molecule has 0 radical (unpaired) electrons. The molecule has 0 aliphatic rings. The highest BCUT2D eigenvalue weighted by molar-refractivity contribution is 6.30. The third kappa shape index (κ3) is 6.15. The molecule has 43 heavy (non-hydrogen) atoms. The molecule has 0 aliphatic heterocycles. The second kappa shape index (κ2) is 12.3. The second-order valence-electron chi connectivity index (χ2n) is 9.83. The highest BCUT2D eigenvalue weighted by Crippen LogP contribution is 2.25. The SMILES string of the molecule is CN(C)C/C=C/C(=O)N(C)c1cccc(-n2c(=O)n(-c3ccc(C(=O)Nc4ccc(Cl)cn4)cc3)c3c(N)ncnc32)c1. The van der Waals surface area contributed by atoms with E-state index in [1.807, 2.05) is 19.0 Å². The molecule has 0 aliphatic carbocycles. The Labute approximate surface area is 251 Å². The minimum absolute atomic E-state index is 0.103. The molecule has 0 fully saturated rings. The number of imidazole rings is 1. The topological polar surface area (TPSA) is 144 Å². The third-order valence-corrected chi connectivity index (χ3v) is 6.77. The fourth-order valence-electron chi connectivity index (χ4n) is 4.36. The third-order valence-electron chi connectivity index (χ3n) is 6.54. The minimum Gasteiger partial charge on any atom is -0.382 e. The van der Waals surface area contributed by atoms with E-state index in [-0.39, 0.29) is 23.3 Å². The van der Waals surface area contributed by atoms with Crippen molar-refractivity contribution in [3.63, 3.8) is 0 Å². The molecule has 5 rings (SSSR count). The summed E-state index contributed by atoms with van der Waals surface area (Å²) < 4.78 is 2.79. The van der Waals surface area contributed by atoms with Crippen LogP contribution >= 0.6 is 11.6 Å². The van der Waals surface area contributed by atoms with Crippen LogP contribution in [0.1, 0.15) is 10.4 Å². The van der Waals surface area contributed by atoms with Crippen LogP contribution in [0.3, 0.4) is 0 Å². The molecule has 0 saturated carbocycles. The molecule has 3 aromatic heterocycles. The number of pyridine rings is 1. The second-order valence-corrected chi connectivity index (χ2v) is 10.3. The Kier molecular flexibility index (Phi) is 8.32. The number of nitrogens with zero attached hydrogens (tertiary/aromatic N) is 7. The summed E-state index contributed by atoms with van der Waals surface area (Å²) in [5.41, 5.74) is 8.23. The van der Waals surface area contributed by atoms with E-state index in [1.165, 1.54) is 32.6 Å². The van der Waals surface area contributed by atoms with E-state index in [1.54, 1.807) is 73.8 Å². The van der Waals surface area contributed by atoms with Crippen molar-refractivity contribution in [1.29, 1.82) is 0 Å². The average Bonchev–Trinajstić information content (AvgIpc) is 3.30. The van der Waals surface area contributed by atoms with Crippen LogP contribution in [0, 0.1) is 0 Å². The predicted octanol–water partition coefficient (Wildman–Crippen LogP) is 3.53. The summed E-state index contributed by atoms with van der Waals surface area (Å²) in [5.74, 6) is -0.143. The zero-order chi connectivity index (χ0) is 30.7. The Bertz CT molecular complexity index is 1900. The number of nitrogens with one attached hydrogen (secondary N) is 1. The summed E-state index contributed by atoms with van der Waals surface area (Å²) in [6.07, 6.45) is 6.01. The summed E-state index contributed by atoms with van der Waals surface area (Å²) in [4.78, 5) is 55.4. The first-order valence-corrected chi connectivity index (χ1v) is 13.5. The number of carbonyl (C=O) groups excluding carboxylic acids is 2. The van der Waals surface area contributed by atoms with Gasteiger partial charge in [0, 0.05) is 37.1 Å². The summed E-state index contributed by atoms with van der Waals surface area (Å²) >= 11 is 5.86. The Morgan fingerprint density at radius 3 is 2.44 bits per heavy atom. The van der Waals surface area contributed by atoms with E-state index in [0.717, 1.165) is 0 Å². The predicted molar refractivity (Wildman–Crippen MR) is 167 cm³/mol. The standard InChI is InChI=1S/C30H28ClN9O3/c1-37(2)15-5-8-25(41)38(3)22-6-4-7-23(16-22)40-28-26(27(32)34-18-35-28)39(30(40)43)21-12-9-19(10-13-21)29(42)36-24-14-11-20(31)17-33-24/h4-14,16-18H,15H2,1-3H3,(H2,32,34,35)(H,33,36,42)/b8-5+. The number of nitrogen functional groups attached to an aromatic ring is 1. The van der Waals surface area contributed by atoms with Gasteiger partial charge in [-0.05, 0) is 68.7 Å². The number of anilines is 3. The van der Waals surface area contributed by atoms with Gasteiger partial charge in [-0.25, -0.2) is 24.3 Å². The summed E-state index contributed by atoms with van der Waals surface area (Å²) in [5, 5.41) is 3.16. The molecule has 3 heterocycles. The van der Waals surface area contributed by atoms with Crippen LogP contribution in [0.5, 0.6) is 0 Å². The van der Waals surface area contributed by atoms with E-state index in [2.05, 4.69) is 20.3 Å². The fourth-order valence-corrected chi connectivity index (χ4v) is 4.48. The number of nitrogens with two attached hydrogens (primary N) is 1. The van der Waals surface area contributed by atoms with Crippen molar-refractivity contribution in [2.24, 2.45) is 0 Å². The van der Waals surface area contributed by atoms with Gasteiger partial charge in [0.1, 0.15) is 17.7 Å². The van der Waals surface area contributed by atoms with Gasteiger partial charge >= 0.3 is 5.69 Å². The number of halogens is 1. The molecule has 13 heteroatoms. The van der Waals surface area contributed by atoms with E-state index >= 15 is 0 Å². The van der Waals surface area contributed by atoms with Gasteiger partial charge in [-0.1, -0.05) is 23.7 Å². The van der Waals surface area contributed by atoms with E-state index in [0.29, 0.717) is 45.5 Å². The van der Waals surface area contributed by atoms with Gasteiger partial charge in [0.25, 0.3) is 5.91 Å². The zero-order valence-electron chi connectivity index (χ0n) is 23.6. The van der Waals surface area contributed by atoms with Crippen molar-refractivity contribution >= 4 is 51.9 Å². The quantitative estimate of drug-likeness (QED) is 0.259. The summed E-state index contributed by atoms with van der Waals surface area (Å²) in [6.45, 7) is 0.626.